The van der Waals surface area contributed by atoms with E-state index >= 15 is 0 Å². The summed E-state index contributed by atoms with van der Waals surface area (Å²) >= 11 is 0. The van der Waals surface area contributed by atoms with Gasteiger partial charge in [-0.1, -0.05) is 12.8 Å². The zero-order valence-electron chi connectivity index (χ0n) is 14.4. The molecule has 25 heavy (non-hydrogen) atoms. The van der Waals surface area contributed by atoms with Crippen LogP contribution in [-0.4, -0.2) is 48.0 Å². The molecule has 2 fully saturated rings. The molecule has 2 aliphatic heterocycles. The van der Waals surface area contributed by atoms with Crippen molar-refractivity contribution in [1.29, 1.82) is 0 Å². The molecular formula is C19H25NO5. The Morgan fingerprint density at radius 1 is 1.24 bits per heavy atom. The van der Waals surface area contributed by atoms with Crippen molar-refractivity contribution >= 4 is 5.97 Å². The largest absolute Gasteiger partial charge is 0.493 e. The van der Waals surface area contributed by atoms with Crippen molar-refractivity contribution in [3.05, 3.63) is 18.2 Å². The topological polar surface area (TPSA) is 68.2 Å². The molecule has 0 bridgehead atoms. The minimum Gasteiger partial charge on any atom is -0.493 e. The second-order valence-corrected chi connectivity index (χ2v) is 7.16. The van der Waals surface area contributed by atoms with Gasteiger partial charge < -0.3 is 19.3 Å². The maximum Gasteiger partial charge on any atom is 0.320 e. The van der Waals surface area contributed by atoms with Crippen LogP contribution in [0.3, 0.4) is 0 Å². The van der Waals surface area contributed by atoms with Crippen molar-refractivity contribution in [3.8, 4) is 17.2 Å². The lowest BCUT2D eigenvalue weighted by Gasteiger charge is -2.32. The van der Waals surface area contributed by atoms with Gasteiger partial charge in [0.1, 0.15) is 11.8 Å². The third-order valence-electron chi connectivity index (χ3n) is 5.68. The molecule has 136 valence electrons. The van der Waals surface area contributed by atoms with Crippen molar-refractivity contribution in [1.82, 2.24) is 4.90 Å². The summed E-state index contributed by atoms with van der Waals surface area (Å²) in [5, 5.41) is 9.56. The molecule has 2 heterocycles. The van der Waals surface area contributed by atoms with Gasteiger partial charge in [0.15, 0.2) is 11.5 Å². The second kappa shape index (κ2) is 7.12. The Balaban J connectivity index is 1.30. The van der Waals surface area contributed by atoms with E-state index in [1.807, 2.05) is 18.2 Å². The molecule has 0 spiro atoms. The summed E-state index contributed by atoms with van der Waals surface area (Å²) < 4.78 is 16.5. The molecule has 1 aromatic carbocycles. The molecule has 0 aromatic heterocycles. The van der Waals surface area contributed by atoms with Gasteiger partial charge in [-0.05, 0) is 43.7 Å². The van der Waals surface area contributed by atoms with E-state index in [1.54, 1.807) is 0 Å². The van der Waals surface area contributed by atoms with Crippen LogP contribution in [0.2, 0.25) is 0 Å². The van der Waals surface area contributed by atoms with Gasteiger partial charge >= 0.3 is 5.97 Å². The highest BCUT2D eigenvalue weighted by Gasteiger charge is 2.44. The highest BCUT2D eigenvalue weighted by atomic mass is 16.7. The first kappa shape index (κ1) is 16.5. The molecule has 6 nitrogen and oxygen atoms in total. The zero-order valence-corrected chi connectivity index (χ0v) is 14.4. The number of carboxylic acids is 1. The van der Waals surface area contributed by atoms with Crippen molar-refractivity contribution in [2.45, 2.75) is 50.6 Å². The number of hydrogen-bond acceptors (Lipinski definition) is 5. The third kappa shape index (κ3) is 3.40. The number of carbonyl (C=O) groups is 1. The van der Waals surface area contributed by atoms with Gasteiger partial charge in [-0.15, -0.1) is 0 Å². The van der Waals surface area contributed by atoms with E-state index < -0.39 is 5.97 Å². The van der Waals surface area contributed by atoms with E-state index in [0.29, 0.717) is 24.3 Å². The molecule has 1 saturated heterocycles. The molecule has 0 amide bonds. The second-order valence-electron chi connectivity index (χ2n) is 7.16. The summed E-state index contributed by atoms with van der Waals surface area (Å²) in [4.78, 5) is 13.8. The van der Waals surface area contributed by atoms with Crippen LogP contribution < -0.4 is 14.2 Å². The van der Waals surface area contributed by atoms with Gasteiger partial charge in [0, 0.05) is 18.7 Å². The van der Waals surface area contributed by atoms with Crippen LogP contribution in [0.25, 0.3) is 0 Å². The third-order valence-corrected chi connectivity index (χ3v) is 5.68. The van der Waals surface area contributed by atoms with Crippen LogP contribution in [-0.2, 0) is 4.79 Å². The van der Waals surface area contributed by atoms with Gasteiger partial charge in [-0.2, -0.15) is 0 Å². The molecule has 1 aliphatic carbocycles. The Labute approximate surface area is 147 Å². The summed E-state index contributed by atoms with van der Waals surface area (Å²) in [6.07, 6.45) is 6.41. The fraction of sp³-hybridized carbons (Fsp3) is 0.632. The number of carboxylic acid groups (broad SMARTS) is 1. The average molecular weight is 347 g/mol. The van der Waals surface area contributed by atoms with Gasteiger partial charge in [-0.25, -0.2) is 0 Å². The maximum atomic E-state index is 11.6. The van der Waals surface area contributed by atoms with Gasteiger partial charge in [0.2, 0.25) is 6.79 Å². The number of ether oxygens (including phenoxy) is 3. The number of nitrogens with zero attached hydrogens (tertiary/aromatic N) is 1. The van der Waals surface area contributed by atoms with E-state index in [0.717, 1.165) is 37.3 Å². The zero-order chi connectivity index (χ0) is 17.2. The lowest BCUT2D eigenvalue weighted by atomic mass is 9.85. The molecule has 3 aliphatic rings. The molecule has 1 aromatic rings. The predicted molar refractivity (Wildman–Crippen MR) is 91.2 cm³/mol. The predicted octanol–water partition coefficient (Wildman–Crippen LogP) is 2.90. The first-order valence-electron chi connectivity index (χ1n) is 9.23. The number of fused-ring (bicyclic) bond motifs is 2. The lowest BCUT2D eigenvalue weighted by Crippen LogP contribution is -2.43. The van der Waals surface area contributed by atoms with E-state index in [4.69, 9.17) is 14.2 Å². The van der Waals surface area contributed by atoms with Crippen molar-refractivity contribution in [3.63, 3.8) is 0 Å². The summed E-state index contributed by atoms with van der Waals surface area (Å²) in [6.45, 7) is 1.61. The number of benzene rings is 1. The van der Waals surface area contributed by atoms with Crippen LogP contribution in [0.4, 0.5) is 0 Å². The first-order chi connectivity index (χ1) is 12.2. The van der Waals surface area contributed by atoms with Gasteiger partial charge in [0.05, 0.1) is 6.61 Å². The SMILES string of the molecule is O=C(O)C1CC2CCCCC2N1CCCOc1ccc2c(c1)OCO2. The number of likely N-dealkylation sites (tertiary alicyclic amines) is 1. The Kier molecular flexibility index (Phi) is 4.70. The quantitative estimate of drug-likeness (QED) is 0.798. The molecule has 3 atom stereocenters. The Bertz CT molecular complexity index is 634. The minimum absolute atomic E-state index is 0.257. The van der Waals surface area contributed by atoms with Crippen LogP contribution in [0, 0.1) is 5.92 Å². The number of aliphatic carboxylic acids is 1. The van der Waals surface area contributed by atoms with Gasteiger partial charge in [0.25, 0.3) is 0 Å². The monoisotopic (exact) mass is 347 g/mol. The molecule has 1 saturated carbocycles. The summed E-state index contributed by atoms with van der Waals surface area (Å²) in [6, 6.07) is 5.69. The molecule has 1 N–H and O–H groups in total. The summed E-state index contributed by atoms with van der Waals surface area (Å²) in [5.41, 5.74) is 0. The van der Waals surface area contributed by atoms with E-state index in [9.17, 15) is 9.90 Å². The lowest BCUT2D eigenvalue weighted by molar-refractivity contribution is -0.142. The first-order valence-corrected chi connectivity index (χ1v) is 9.23. The highest BCUT2D eigenvalue weighted by Crippen LogP contribution is 2.40. The molecule has 6 heteroatoms. The van der Waals surface area contributed by atoms with Crippen LogP contribution in [0.15, 0.2) is 18.2 Å². The summed E-state index contributed by atoms with van der Waals surface area (Å²) in [5.74, 6) is 2.11. The fourth-order valence-corrected chi connectivity index (χ4v) is 4.52. The van der Waals surface area contributed by atoms with Crippen LogP contribution >= 0.6 is 0 Å². The van der Waals surface area contributed by atoms with Crippen molar-refractivity contribution in [2.24, 2.45) is 5.92 Å². The molecule has 3 unspecified atom stereocenters. The summed E-state index contributed by atoms with van der Waals surface area (Å²) in [7, 11) is 0. The van der Waals surface area contributed by atoms with Crippen molar-refractivity contribution in [2.75, 3.05) is 19.9 Å². The Hall–Kier alpha value is -1.95. The van der Waals surface area contributed by atoms with E-state index in [1.165, 1.54) is 19.3 Å². The maximum absolute atomic E-state index is 11.6. The average Bonchev–Trinajstić information content (AvgIpc) is 3.23. The van der Waals surface area contributed by atoms with E-state index in [-0.39, 0.29) is 12.8 Å². The minimum atomic E-state index is -0.675. The van der Waals surface area contributed by atoms with E-state index in [2.05, 4.69) is 4.90 Å². The molecular weight excluding hydrogens is 322 g/mol. The van der Waals surface area contributed by atoms with Crippen molar-refractivity contribution < 1.29 is 24.1 Å². The number of rotatable bonds is 6. The van der Waals surface area contributed by atoms with Crippen LogP contribution in [0.1, 0.15) is 38.5 Å². The molecule has 0 radical (unpaired) electrons. The van der Waals surface area contributed by atoms with Gasteiger partial charge in [-0.3, -0.25) is 9.69 Å². The highest BCUT2D eigenvalue weighted by molar-refractivity contribution is 5.74. The Morgan fingerprint density at radius 2 is 2.08 bits per heavy atom. The fourth-order valence-electron chi connectivity index (χ4n) is 4.52. The normalized spacial score (nSPS) is 27.9. The smallest absolute Gasteiger partial charge is 0.320 e. The standard InChI is InChI=1S/C19H25NO5/c21-19(22)16-10-13-4-1-2-5-15(13)20(16)8-3-9-23-14-6-7-17-18(11-14)25-12-24-17/h6-7,11,13,15-16H,1-5,8-10,12H2,(H,21,22). The molecule has 4 rings (SSSR count). The number of hydrogen-bond donors (Lipinski definition) is 1. The van der Waals surface area contributed by atoms with Crippen LogP contribution in [0.5, 0.6) is 17.2 Å². The Morgan fingerprint density at radius 3 is 2.96 bits per heavy atom.